The van der Waals surface area contributed by atoms with Gasteiger partial charge in [0.05, 0.1) is 23.2 Å². The SMILES string of the molecule is CCS(=O)(=O)Nc1ccccc1C1=NN(C(C)=O)[C@@H](c2ccc(C)cc2)C1. The molecule has 0 aromatic heterocycles. The number of hydrazone groups is 1. The van der Waals surface area contributed by atoms with Crippen LogP contribution in [0.4, 0.5) is 5.69 Å². The van der Waals surface area contributed by atoms with E-state index in [2.05, 4.69) is 9.82 Å². The van der Waals surface area contributed by atoms with Gasteiger partial charge in [-0.3, -0.25) is 9.52 Å². The van der Waals surface area contributed by atoms with E-state index in [1.54, 1.807) is 19.1 Å². The third-order valence-corrected chi connectivity index (χ3v) is 5.87. The molecule has 27 heavy (non-hydrogen) atoms. The first kappa shape index (κ1) is 19.1. The van der Waals surface area contributed by atoms with Crippen molar-refractivity contribution < 1.29 is 13.2 Å². The van der Waals surface area contributed by atoms with Crippen molar-refractivity contribution in [2.45, 2.75) is 33.2 Å². The van der Waals surface area contributed by atoms with Crippen molar-refractivity contribution in [2.24, 2.45) is 5.10 Å². The summed E-state index contributed by atoms with van der Waals surface area (Å²) in [5.41, 5.74) is 4.00. The molecule has 6 nitrogen and oxygen atoms in total. The third-order valence-electron chi connectivity index (χ3n) is 4.58. The predicted molar refractivity (Wildman–Crippen MR) is 107 cm³/mol. The number of aryl methyl sites for hydroxylation is 1. The Morgan fingerprint density at radius 1 is 1.19 bits per heavy atom. The van der Waals surface area contributed by atoms with E-state index in [9.17, 15) is 13.2 Å². The van der Waals surface area contributed by atoms with Gasteiger partial charge in [-0.2, -0.15) is 5.10 Å². The minimum atomic E-state index is -3.41. The Morgan fingerprint density at radius 2 is 1.85 bits per heavy atom. The lowest BCUT2D eigenvalue weighted by Gasteiger charge is -2.20. The topological polar surface area (TPSA) is 78.8 Å². The summed E-state index contributed by atoms with van der Waals surface area (Å²) in [7, 11) is -3.41. The Morgan fingerprint density at radius 3 is 2.48 bits per heavy atom. The second-order valence-electron chi connectivity index (χ2n) is 6.59. The van der Waals surface area contributed by atoms with Crippen LogP contribution in [0.5, 0.6) is 0 Å². The first-order valence-corrected chi connectivity index (χ1v) is 10.5. The minimum absolute atomic E-state index is 0.0145. The average Bonchev–Trinajstić information content (AvgIpc) is 3.08. The summed E-state index contributed by atoms with van der Waals surface area (Å²) in [6.07, 6.45) is 0.521. The Balaban J connectivity index is 1.97. The number of hydrogen-bond donors (Lipinski definition) is 1. The van der Waals surface area contributed by atoms with Crippen LogP contribution in [-0.2, 0) is 14.8 Å². The standard InChI is InChI=1S/C20H23N3O3S/c1-4-27(25,26)22-18-8-6-5-7-17(18)19-13-20(23(21-19)15(3)24)16-11-9-14(2)10-12-16/h5-12,20,22H,4,13H2,1-3H3/t20-/m1/s1. The molecule has 3 rings (SSSR count). The quantitative estimate of drug-likeness (QED) is 0.856. The third kappa shape index (κ3) is 4.19. The fourth-order valence-corrected chi connectivity index (χ4v) is 3.73. The molecule has 0 unspecified atom stereocenters. The van der Waals surface area contributed by atoms with Crippen molar-refractivity contribution in [3.63, 3.8) is 0 Å². The van der Waals surface area contributed by atoms with E-state index in [1.165, 1.54) is 11.9 Å². The van der Waals surface area contributed by atoms with Gasteiger partial charge in [0, 0.05) is 18.9 Å². The van der Waals surface area contributed by atoms with Gasteiger partial charge in [0.25, 0.3) is 0 Å². The monoisotopic (exact) mass is 385 g/mol. The molecule has 0 saturated carbocycles. The van der Waals surface area contributed by atoms with Crippen LogP contribution in [0.25, 0.3) is 0 Å². The maximum Gasteiger partial charge on any atom is 0.240 e. The number of sulfonamides is 1. The van der Waals surface area contributed by atoms with Crippen LogP contribution in [0.2, 0.25) is 0 Å². The van der Waals surface area contributed by atoms with E-state index in [4.69, 9.17) is 0 Å². The molecule has 1 heterocycles. The summed E-state index contributed by atoms with van der Waals surface area (Å²) in [5, 5.41) is 6.00. The largest absolute Gasteiger partial charge is 0.283 e. The predicted octanol–water partition coefficient (Wildman–Crippen LogP) is 3.45. The number of rotatable bonds is 5. The lowest BCUT2D eigenvalue weighted by Crippen LogP contribution is -2.24. The molecule has 142 valence electrons. The summed E-state index contributed by atoms with van der Waals surface area (Å²) in [6.45, 7) is 5.08. The smallest absolute Gasteiger partial charge is 0.240 e. The van der Waals surface area contributed by atoms with Gasteiger partial charge < -0.3 is 0 Å². The van der Waals surface area contributed by atoms with Crippen molar-refractivity contribution in [2.75, 3.05) is 10.5 Å². The van der Waals surface area contributed by atoms with E-state index in [0.717, 1.165) is 11.1 Å². The number of benzene rings is 2. The van der Waals surface area contributed by atoms with Crippen LogP contribution in [0.3, 0.4) is 0 Å². The summed E-state index contributed by atoms with van der Waals surface area (Å²) in [5.74, 6) is -0.165. The molecular formula is C20H23N3O3S. The van der Waals surface area contributed by atoms with Crippen molar-refractivity contribution in [3.05, 3.63) is 65.2 Å². The number of nitrogens with one attached hydrogen (secondary N) is 1. The summed E-state index contributed by atoms with van der Waals surface area (Å²) < 4.78 is 26.6. The second-order valence-corrected chi connectivity index (χ2v) is 8.60. The number of carbonyl (C=O) groups excluding carboxylic acids is 1. The zero-order valence-electron chi connectivity index (χ0n) is 15.6. The first-order valence-electron chi connectivity index (χ1n) is 8.84. The molecule has 0 radical (unpaired) electrons. The van der Waals surface area contributed by atoms with Gasteiger partial charge in [-0.05, 0) is 25.5 Å². The summed E-state index contributed by atoms with van der Waals surface area (Å²) in [6, 6.07) is 15.0. The second kappa shape index (κ2) is 7.52. The molecule has 0 saturated heterocycles. The number of hydrogen-bond acceptors (Lipinski definition) is 4. The number of nitrogens with zero attached hydrogens (tertiary/aromatic N) is 2. The van der Waals surface area contributed by atoms with Crippen molar-refractivity contribution >= 4 is 27.3 Å². The fourth-order valence-electron chi connectivity index (χ4n) is 3.07. The molecule has 1 amide bonds. The molecule has 2 aromatic carbocycles. The zero-order valence-corrected chi connectivity index (χ0v) is 16.5. The lowest BCUT2D eigenvalue weighted by molar-refractivity contribution is -0.130. The Kier molecular flexibility index (Phi) is 5.32. The van der Waals surface area contributed by atoms with Gasteiger partial charge in [-0.1, -0.05) is 48.0 Å². The normalized spacial score (nSPS) is 16.9. The van der Waals surface area contributed by atoms with E-state index >= 15 is 0 Å². The van der Waals surface area contributed by atoms with E-state index in [1.807, 2.05) is 43.3 Å². The molecule has 2 aromatic rings. The zero-order chi connectivity index (χ0) is 19.6. The molecule has 0 spiro atoms. The highest BCUT2D eigenvalue weighted by Crippen LogP contribution is 2.34. The Bertz CT molecular complexity index is 982. The van der Waals surface area contributed by atoms with Crippen LogP contribution in [0, 0.1) is 6.92 Å². The molecule has 1 aliphatic heterocycles. The van der Waals surface area contributed by atoms with Crippen molar-refractivity contribution in [1.29, 1.82) is 0 Å². The molecule has 1 aliphatic rings. The highest BCUT2D eigenvalue weighted by molar-refractivity contribution is 7.92. The van der Waals surface area contributed by atoms with Crippen LogP contribution < -0.4 is 4.72 Å². The van der Waals surface area contributed by atoms with Gasteiger partial charge in [-0.15, -0.1) is 0 Å². The molecule has 1 N–H and O–H groups in total. The molecule has 7 heteroatoms. The van der Waals surface area contributed by atoms with Gasteiger partial charge in [0.1, 0.15) is 0 Å². The van der Waals surface area contributed by atoms with E-state index in [0.29, 0.717) is 23.4 Å². The number of amides is 1. The maximum atomic E-state index is 12.1. The highest BCUT2D eigenvalue weighted by Gasteiger charge is 2.32. The molecule has 0 aliphatic carbocycles. The van der Waals surface area contributed by atoms with Crippen LogP contribution >= 0.6 is 0 Å². The summed E-state index contributed by atoms with van der Waals surface area (Å²) >= 11 is 0. The van der Waals surface area contributed by atoms with Crippen LogP contribution in [0.15, 0.2) is 53.6 Å². The van der Waals surface area contributed by atoms with Crippen LogP contribution in [0.1, 0.15) is 43.0 Å². The van der Waals surface area contributed by atoms with Gasteiger partial charge in [0.15, 0.2) is 0 Å². The first-order chi connectivity index (χ1) is 12.8. The van der Waals surface area contributed by atoms with Gasteiger partial charge in [-0.25, -0.2) is 13.4 Å². The maximum absolute atomic E-state index is 12.1. The van der Waals surface area contributed by atoms with Gasteiger partial charge in [0.2, 0.25) is 15.9 Å². The highest BCUT2D eigenvalue weighted by atomic mass is 32.2. The molecular weight excluding hydrogens is 362 g/mol. The van der Waals surface area contributed by atoms with Crippen LogP contribution in [-0.4, -0.2) is 30.8 Å². The van der Waals surface area contributed by atoms with Gasteiger partial charge >= 0.3 is 0 Å². The Hall–Kier alpha value is -2.67. The van der Waals surface area contributed by atoms with Crippen molar-refractivity contribution in [1.82, 2.24) is 5.01 Å². The number of carbonyl (C=O) groups is 1. The number of anilines is 1. The molecule has 0 fully saturated rings. The summed E-state index contributed by atoms with van der Waals surface area (Å²) in [4.78, 5) is 12.1. The molecule has 1 atom stereocenters. The lowest BCUT2D eigenvalue weighted by atomic mass is 9.97. The van der Waals surface area contributed by atoms with E-state index in [-0.39, 0.29) is 17.7 Å². The Labute approximate surface area is 159 Å². The molecule has 0 bridgehead atoms. The number of para-hydroxylation sites is 1. The van der Waals surface area contributed by atoms with E-state index < -0.39 is 10.0 Å². The average molecular weight is 385 g/mol. The fraction of sp³-hybridized carbons (Fsp3) is 0.300. The minimum Gasteiger partial charge on any atom is -0.283 e. The van der Waals surface area contributed by atoms with Crippen molar-refractivity contribution in [3.8, 4) is 0 Å².